The molecule has 0 bridgehead atoms. The van der Waals surface area contributed by atoms with Gasteiger partial charge in [0.05, 0.1) is 17.9 Å². The predicted octanol–water partition coefficient (Wildman–Crippen LogP) is 1.40. The van der Waals surface area contributed by atoms with Crippen molar-refractivity contribution in [2.75, 3.05) is 13.1 Å². The van der Waals surface area contributed by atoms with Crippen molar-refractivity contribution in [2.45, 2.75) is 58.2 Å². The summed E-state index contributed by atoms with van der Waals surface area (Å²) < 4.78 is 3.86. The maximum Gasteiger partial charge on any atom is 0.267 e. The fraction of sp³-hybridized carbons (Fsp3) is 0.632. The third kappa shape index (κ3) is 2.92. The molecule has 2 aromatic heterocycles. The van der Waals surface area contributed by atoms with Crippen LogP contribution in [0.15, 0.2) is 16.9 Å². The summed E-state index contributed by atoms with van der Waals surface area (Å²) in [5.41, 5.74) is 4.98. The molecule has 0 amide bonds. The Labute approximate surface area is 147 Å². The van der Waals surface area contributed by atoms with Gasteiger partial charge in [0, 0.05) is 43.9 Å². The molecule has 0 aromatic carbocycles. The summed E-state index contributed by atoms with van der Waals surface area (Å²) in [5.74, 6) is 0.529. The first kappa shape index (κ1) is 15.3. The molecule has 0 unspecified atom stereocenters. The quantitative estimate of drug-likeness (QED) is 0.845. The Morgan fingerprint density at radius 2 is 1.92 bits per heavy atom. The third-order valence-corrected chi connectivity index (χ3v) is 5.84. The maximum atomic E-state index is 12.3. The predicted molar refractivity (Wildman–Crippen MR) is 94.5 cm³/mol. The Kier molecular flexibility index (Phi) is 3.73. The summed E-state index contributed by atoms with van der Waals surface area (Å²) in [4.78, 5) is 14.7. The first-order chi connectivity index (χ1) is 12.2. The molecule has 2 aromatic rings. The van der Waals surface area contributed by atoms with Crippen LogP contribution in [0.3, 0.4) is 0 Å². The van der Waals surface area contributed by atoms with Crippen LogP contribution in [-0.2, 0) is 38.9 Å². The van der Waals surface area contributed by atoms with Crippen LogP contribution in [0.25, 0.3) is 0 Å². The molecule has 0 N–H and O–H groups in total. The monoisotopic (exact) mass is 339 g/mol. The molecular formula is C19H25N5O. The minimum absolute atomic E-state index is 0.0737. The molecule has 132 valence electrons. The zero-order valence-electron chi connectivity index (χ0n) is 14.7. The largest absolute Gasteiger partial charge is 0.297 e. The average molecular weight is 339 g/mol. The fourth-order valence-corrected chi connectivity index (χ4v) is 4.52. The number of fused-ring (bicyclic) bond motifs is 2. The van der Waals surface area contributed by atoms with Gasteiger partial charge in [-0.3, -0.25) is 14.4 Å². The molecule has 0 radical (unpaired) electrons. The van der Waals surface area contributed by atoms with E-state index in [2.05, 4.69) is 20.7 Å². The van der Waals surface area contributed by atoms with E-state index in [0.29, 0.717) is 5.92 Å². The van der Waals surface area contributed by atoms with Gasteiger partial charge < -0.3 is 0 Å². The van der Waals surface area contributed by atoms with E-state index in [1.165, 1.54) is 42.6 Å². The van der Waals surface area contributed by atoms with Crippen LogP contribution in [0, 0.1) is 5.92 Å². The van der Waals surface area contributed by atoms with E-state index in [9.17, 15) is 4.79 Å². The average Bonchev–Trinajstić information content (AvgIpc) is 3.14. The first-order valence-electron chi connectivity index (χ1n) is 9.62. The summed E-state index contributed by atoms with van der Waals surface area (Å²) in [6, 6.07) is 4.08. The van der Waals surface area contributed by atoms with E-state index in [1.807, 2.05) is 6.07 Å². The molecule has 3 aliphatic rings. The molecule has 6 nitrogen and oxygen atoms in total. The van der Waals surface area contributed by atoms with Crippen molar-refractivity contribution in [3.05, 3.63) is 45.1 Å². The Bertz CT molecular complexity index is 824. The molecule has 0 atom stereocenters. The minimum atomic E-state index is 0.0737. The normalized spacial score (nSPS) is 20.3. The van der Waals surface area contributed by atoms with Crippen LogP contribution >= 0.6 is 0 Å². The highest BCUT2D eigenvalue weighted by molar-refractivity contribution is 5.20. The second-order valence-corrected chi connectivity index (χ2v) is 7.86. The highest BCUT2D eigenvalue weighted by Crippen LogP contribution is 2.22. The number of likely N-dealkylation sites (tertiary alicyclic amines) is 1. The van der Waals surface area contributed by atoms with Crippen molar-refractivity contribution in [1.29, 1.82) is 0 Å². The topological polar surface area (TPSA) is 56.0 Å². The van der Waals surface area contributed by atoms with Crippen LogP contribution < -0.4 is 5.56 Å². The van der Waals surface area contributed by atoms with Crippen molar-refractivity contribution in [1.82, 2.24) is 24.5 Å². The molecule has 0 saturated carbocycles. The molecule has 4 heterocycles. The number of nitrogens with zero attached hydrogens (tertiary/aromatic N) is 5. The second kappa shape index (κ2) is 6.09. The van der Waals surface area contributed by atoms with Gasteiger partial charge in [-0.1, -0.05) is 0 Å². The summed E-state index contributed by atoms with van der Waals surface area (Å²) in [6.45, 7) is 4.83. The van der Waals surface area contributed by atoms with Gasteiger partial charge in [-0.15, -0.1) is 0 Å². The summed E-state index contributed by atoms with van der Waals surface area (Å²) in [5, 5.41) is 9.34. The van der Waals surface area contributed by atoms with Crippen molar-refractivity contribution in [2.24, 2.45) is 5.92 Å². The van der Waals surface area contributed by atoms with Gasteiger partial charge in [0.25, 0.3) is 5.56 Å². The highest BCUT2D eigenvalue weighted by atomic mass is 16.1. The Morgan fingerprint density at radius 1 is 1.04 bits per heavy atom. The minimum Gasteiger partial charge on any atom is -0.297 e. The van der Waals surface area contributed by atoms with E-state index >= 15 is 0 Å². The van der Waals surface area contributed by atoms with Crippen LogP contribution in [0.1, 0.15) is 41.9 Å². The number of hydrogen-bond donors (Lipinski definition) is 0. The number of aryl methyl sites for hydroxylation is 4. The third-order valence-electron chi connectivity index (χ3n) is 5.84. The molecule has 0 spiro atoms. The molecule has 5 rings (SSSR count). The smallest absolute Gasteiger partial charge is 0.267 e. The van der Waals surface area contributed by atoms with Crippen molar-refractivity contribution in [3.8, 4) is 0 Å². The Balaban J connectivity index is 1.19. The Hall–Kier alpha value is -1.95. The van der Waals surface area contributed by atoms with E-state index in [1.54, 1.807) is 4.68 Å². The van der Waals surface area contributed by atoms with E-state index in [-0.39, 0.29) is 5.56 Å². The Morgan fingerprint density at radius 3 is 2.80 bits per heavy atom. The van der Waals surface area contributed by atoms with Gasteiger partial charge in [-0.2, -0.15) is 10.2 Å². The molecule has 6 heteroatoms. The van der Waals surface area contributed by atoms with Crippen LogP contribution in [-0.4, -0.2) is 37.6 Å². The molecule has 2 aliphatic heterocycles. The van der Waals surface area contributed by atoms with E-state index in [0.717, 1.165) is 51.3 Å². The zero-order valence-corrected chi connectivity index (χ0v) is 14.7. The van der Waals surface area contributed by atoms with Gasteiger partial charge in [0.15, 0.2) is 0 Å². The van der Waals surface area contributed by atoms with Gasteiger partial charge in [-0.25, -0.2) is 4.68 Å². The summed E-state index contributed by atoms with van der Waals surface area (Å²) in [6.07, 6.45) is 6.83. The van der Waals surface area contributed by atoms with Gasteiger partial charge in [0.1, 0.15) is 0 Å². The highest BCUT2D eigenvalue weighted by Gasteiger charge is 2.29. The maximum absolute atomic E-state index is 12.3. The van der Waals surface area contributed by atoms with Crippen molar-refractivity contribution >= 4 is 0 Å². The van der Waals surface area contributed by atoms with Crippen LogP contribution in [0.2, 0.25) is 0 Å². The first-order valence-corrected chi connectivity index (χ1v) is 9.62. The molecule has 25 heavy (non-hydrogen) atoms. The number of hydrogen-bond acceptors (Lipinski definition) is 4. The van der Waals surface area contributed by atoms with Crippen LogP contribution in [0.5, 0.6) is 0 Å². The van der Waals surface area contributed by atoms with Gasteiger partial charge >= 0.3 is 0 Å². The molecular weight excluding hydrogens is 314 g/mol. The SMILES string of the molecule is O=c1cc2c(nn1CC1CN(Cc3cc4n(n3)CCC4)C1)CCCC2. The van der Waals surface area contributed by atoms with Crippen molar-refractivity contribution in [3.63, 3.8) is 0 Å². The van der Waals surface area contributed by atoms with Crippen molar-refractivity contribution < 1.29 is 0 Å². The summed E-state index contributed by atoms with van der Waals surface area (Å²) >= 11 is 0. The lowest BCUT2D eigenvalue weighted by molar-refractivity contribution is 0.0749. The molecule has 1 aliphatic carbocycles. The molecule has 1 fully saturated rings. The summed E-state index contributed by atoms with van der Waals surface area (Å²) in [7, 11) is 0. The van der Waals surface area contributed by atoms with Gasteiger partial charge in [-0.05, 0) is 50.2 Å². The number of rotatable bonds is 4. The molecule has 1 saturated heterocycles. The zero-order chi connectivity index (χ0) is 16.8. The lowest BCUT2D eigenvalue weighted by Gasteiger charge is -2.38. The second-order valence-electron chi connectivity index (χ2n) is 7.86. The number of aromatic nitrogens is 4. The standard InChI is InChI=1S/C19H25N5O/c25-19-8-15-4-1-2-6-18(15)21-24(19)12-14-10-22(11-14)13-16-9-17-5-3-7-23(17)20-16/h8-9,14H,1-7,10-13H2. The fourth-order valence-electron chi connectivity index (χ4n) is 4.52. The lowest BCUT2D eigenvalue weighted by Crippen LogP contribution is -2.49. The lowest BCUT2D eigenvalue weighted by atomic mass is 9.96. The van der Waals surface area contributed by atoms with E-state index < -0.39 is 0 Å². The van der Waals surface area contributed by atoms with Gasteiger partial charge in [0.2, 0.25) is 0 Å². The van der Waals surface area contributed by atoms with E-state index in [4.69, 9.17) is 5.10 Å². The van der Waals surface area contributed by atoms with Crippen LogP contribution in [0.4, 0.5) is 0 Å².